The fraction of sp³-hybridized carbons (Fsp3) is 0.533. The van der Waals surface area contributed by atoms with Gasteiger partial charge in [-0.3, -0.25) is 4.79 Å². The van der Waals surface area contributed by atoms with Crippen molar-refractivity contribution in [2.45, 2.75) is 45.1 Å². The zero-order valence-electron chi connectivity index (χ0n) is 13.6. The summed E-state index contributed by atoms with van der Waals surface area (Å²) in [5.41, 5.74) is -1.47. The number of halogens is 4. The SMILES string of the molecule is CC(C)N1[C@H](C(=O)NCc2ccc(F)cc2C(F)(F)F)CCS1(=O)=O. The van der Waals surface area contributed by atoms with E-state index in [2.05, 4.69) is 5.32 Å². The number of nitrogens with one attached hydrogen (secondary N) is 1. The van der Waals surface area contributed by atoms with Crippen molar-refractivity contribution in [1.82, 2.24) is 9.62 Å². The van der Waals surface area contributed by atoms with Crippen molar-refractivity contribution >= 4 is 15.9 Å². The van der Waals surface area contributed by atoms with Gasteiger partial charge >= 0.3 is 6.18 Å². The highest BCUT2D eigenvalue weighted by molar-refractivity contribution is 7.89. The second-order valence-electron chi connectivity index (χ2n) is 6.06. The van der Waals surface area contributed by atoms with Crippen LogP contribution in [-0.4, -0.2) is 36.5 Å². The molecular weight excluding hydrogens is 364 g/mol. The van der Waals surface area contributed by atoms with Gasteiger partial charge in [-0.1, -0.05) is 6.07 Å². The van der Waals surface area contributed by atoms with E-state index in [9.17, 15) is 30.8 Å². The Hall–Kier alpha value is -1.68. The van der Waals surface area contributed by atoms with E-state index >= 15 is 0 Å². The Morgan fingerprint density at radius 3 is 2.56 bits per heavy atom. The quantitative estimate of drug-likeness (QED) is 0.813. The second kappa shape index (κ2) is 6.91. The molecule has 1 aliphatic heterocycles. The molecule has 25 heavy (non-hydrogen) atoms. The molecule has 1 heterocycles. The van der Waals surface area contributed by atoms with Crippen molar-refractivity contribution in [2.24, 2.45) is 0 Å². The lowest BCUT2D eigenvalue weighted by molar-refractivity contribution is -0.138. The van der Waals surface area contributed by atoms with Gasteiger partial charge in [0.25, 0.3) is 0 Å². The number of carbonyl (C=O) groups excluding carboxylic acids is 1. The summed E-state index contributed by atoms with van der Waals surface area (Å²) in [6.45, 7) is 2.76. The Labute approximate surface area is 143 Å². The molecule has 0 spiro atoms. The molecule has 0 saturated carbocycles. The number of carbonyl (C=O) groups is 1. The first-order chi connectivity index (χ1) is 11.4. The zero-order valence-corrected chi connectivity index (χ0v) is 14.4. The van der Waals surface area contributed by atoms with Gasteiger partial charge in [-0.05, 0) is 38.0 Å². The van der Waals surface area contributed by atoms with Crippen LogP contribution in [0.1, 0.15) is 31.4 Å². The average molecular weight is 382 g/mol. The highest BCUT2D eigenvalue weighted by Crippen LogP contribution is 2.32. The normalized spacial score (nSPS) is 20.8. The monoisotopic (exact) mass is 382 g/mol. The van der Waals surface area contributed by atoms with E-state index in [1.165, 1.54) is 0 Å². The van der Waals surface area contributed by atoms with Gasteiger partial charge in [0.15, 0.2) is 0 Å². The maximum Gasteiger partial charge on any atom is 0.416 e. The van der Waals surface area contributed by atoms with Crippen LogP contribution in [0.3, 0.4) is 0 Å². The summed E-state index contributed by atoms with van der Waals surface area (Å²) in [5.74, 6) is -1.89. The summed E-state index contributed by atoms with van der Waals surface area (Å²) in [6, 6.07) is 0.781. The third-order valence-corrected chi connectivity index (χ3v) is 5.99. The van der Waals surface area contributed by atoms with Crippen molar-refractivity contribution in [1.29, 1.82) is 0 Å². The maximum atomic E-state index is 13.1. The summed E-state index contributed by atoms with van der Waals surface area (Å²) in [5, 5.41) is 2.33. The van der Waals surface area contributed by atoms with Gasteiger partial charge < -0.3 is 5.32 Å². The summed E-state index contributed by atoms with van der Waals surface area (Å²) in [7, 11) is -3.56. The number of rotatable bonds is 4. The van der Waals surface area contributed by atoms with Crippen LogP contribution in [0, 0.1) is 5.82 Å². The van der Waals surface area contributed by atoms with Crippen LogP contribution >= 0.6 is 0 Å². The Morgan fingerprint density at radius 2 is 2.00 bits per heavy atom. The number of sulfonamides is 1. The highest BCUT2D eigenvalue weighted by Gasteiger charge is 2.43. The van der Waals surface area contributed by atoms with Gasteiger partial charge in [-0.25, -0.2) is 12.8 Å². The molecule has 5 nitrogen and oxygen atoms in total. The van der Waals surface area contributed by atoms with Crippen LogP contribution < -0.4 is 5.32 Å². The predicted octanol–water partition coefficient (Wildman–Crippen LogP) is 2.27. The van der Waals surface area contributed by atoms with Crippen molar-refractivity contribution < 1.29 is 30.8 Å². The molecular formula is C15H18F4N2O3S. The molecule has 0 aliphatic carbocycles. The lowest BCUT2D eigenvalue weighted by Gasteiger charge is -2.26. The van der Waals surface area contributed by atoms with Gasteiger partial charge in [0, 0.05) is 12.6 Å². The molecule has 1 saturated heterocycles. The topological polar surface area (TPSA) is 66.5 Å². The molecule has 1 aliphatic rings. The Kier molecular flexibility index (Phi) is 5.43. The standard InChI is InChI=1S/C15H18F4N2O3S/c1-9(2)21-13(5-6-25(21,23)24)14(22)20-8-10-3-4-11(16)7-12(10)15(17,18)19/h3-4,7,9,13H,5-6,8H2,1-2H3,(H,20,22)/t13-/m0/s1. The van der Waals surface area contributed by atoms with Crippen molar-refractivity contribution in [3.63, 3.8) is 0 Å². The largest absolute Gasteiger partial charge is 0.416 e. The van der Waals surface area contributed by atoms with Crippen molar-refractivity contribution in [3.05, 3.63) is 35.1 Å². The lowest BCUT2D eigenvalue weighted by atomic mass is 10.1. The van der Waals surface area contributed by atoms with Crippen LogP contribution in [0.25, 0.3) is 0 Å². The summed E-state index contributed by atoms with van der Waals surface area (Å²) in [4.78, 5) is 12.3. The third kappa shape index (κ3) is 4.30. The van der Waals surface area contributed by atoms with Crippen molar-refractivity contribution in [3.8, 4) is 0 Å². The van der Waals surface area contributed by atoms with Gasteiger partial charge in [0.05, 0.1) is 11.3 Å². The molecule has 1 aromatic rings. The smallest absolute Gasteiger partial charge is 0.351 e. The molecule has 140 valence electrons. The number of alkyl halides is 3. The molecule has 0 aromatic heterocycles. The van der Waals surface area contributed by atoms with E-state index < -0.39 is 52.1 Å². The van der Waals surface area contributed by atoms with E-state index in [1.54, 1.807) is 13.8 Å². The molecule has 0 radical (unpaired) electrons. The number of nitrogens with zero attached hydrogens (tertiary/aromatic N) is 1. The van der Waals surface area contributed by atoms with Crippen LogP contribution in [0.5, 0.6) is 0 Å². The van der Waals surface area contributed by atoms with E-state index in [-0.39, 0.29) is 17.7 Å². The predicted molar refractivity (Wildman–Crippen MR) is 82.4 cm³/mol. The Balaban J connectivity index is 2.16. The minimum absolute atomic E-state index is 0.0713. The third-order valence-electron chi connectivity index (χ3n) is 3.92. The van der Waals surface area contributed by atoms with E-state index in [0.717, 1.165) is 16.4 Å². The fourth-order valence-corrected chi connectivity index (χ4v) is 4.84. The number of benzene rings is 1. The van der Waals surface area contributed by atoms with Crippen LogP contribution in [0.2, 0.25) is 0 Å². The number of hydrogen-bond donors (Lipinski definition) is 1. The van der Waals surface area contributed by atoms with Crippen molar-refractivity contribution in [2.75, 3.05) is 5.75 Å². The van der Waals surface area contributed by atoms with E-state index in [4.69, 9.17) is 0 Å². The van der Waals surface area contributed by atoms with E-state index in [0.29, 0.717) is 6.07 Å². The van der Waals surface area contributed by atoms with Crippen LogP contribution in [-0.2, 0) is 27.5 Å². The Bertz CT molecular complexity index is 763. The zero-order chi connectivity index (χ0) is 19.0. The summed E-state index contributed by atoms with van der Waals surface area (Å²) >= 11 is 0. The highest BCUT2D eigenvalue weighted by atomic mass is 32.2. The fourth-order valence-electron chi connectivity index (χ4n) is 2.88. The number of hydrogen-bond acceptors (Lipinski definition) is 3. The first-order valence-electron chi connectivity index (χ1n) is 7.58. The minimum Gasteiger partial charge on any atom is -0.351 e. The Morgan fingerprint density at radius 1 is 1.36 bits per heavy atom. The maximum absolute atomic E-state index is 13.1. The summed E-state index contributed by atoms with van der Waals surface area (Å²) in [6.07, 6.45) is -4.69. The van der Waals surface area contributed by atoms with E-state index in [1.807, 2.05) is 0 Å². The van der Waals surface area contributed by atoms with Gasteiger partial charge in [-0.15, -0.1) is 0 Å². The van der Waals surface area contributed by atoms with Crippen LogP contribution in [0.4, 0.5) is 17.6 Å². The molecule has 0 bridgehead atoms. The van der Waals surface area contributed by atoms with Gasteiger partial charge in [0.2, 0.25) is 15.9 Å². The molecule has 1 atom stereocenters. The first kappa shape index (κ1) is 19.6. The first-order valence-corrected chi connectivity index (χ1v) is 9.19. The van der Waals surface area contributed by atoms with Crippen LogP contribution in [0.15, 0.2) is 18.2 Å². The summed E-state index contributed by atoms with van der Waals surface area (Å²) < 4.78 is 77.0. The number of amides is 1. The van der Waals surface area contributed by atoms with Gasteiger partial charge in [-0.2, -0.15) is 17.5 Å². The molecule has 1 fully saturated rings. The molecule has 1 N–H and O–H groups in total. The second-order valence-corrected chi connectivity index (χ2v) is 8.05. The molecule has 1 aromatic carbocycles. The molecule has 1 amide bonds. The average Bonchev–Trinajstić information content (AvgIpc) is 2.80. The lowest BCUT2D eigenvalue weighted by Crippen LogP contribution is -2.47. The molecule has 0 unspecified atom stereocenters. The molecule has 10 heteroatoms. The molecule has 2 rings (SSSR count). The minimum atomic E-state index is -4.76. The van der Waals surface area contributed by atoms with Gasteiger partial charge in [0.1, 0.15) is 11.9 Å².